The van der Waals surface area contributed by atoms with Gasteiger partial charge < -0.3 is 4.84 Å². The minimum atomic E-state index is 0.285. The van der Waals surface area contributed by atoms with Crippen LogP contribution in [0.3, 0.4) is 0 Å². The van der Waals surface area contributed by atoms with Crippen LogP contribution in [-0.2, 0) is 6.42 Å². The number of hydrogen-bond acceptors (Lipinski definition) is 3. The number of hydrogen-bond donors (Lipinski definition) is 0. The standard InChI is InChI=1S/C12H12N2O2/c15-10-12-13-7-8-14(12)16-9-6-11-4-2-1-3-5-11/h1-5,7-8,10H,6,9H2. The van der Waals surface area contributed by atoms with Crippen LogP contribution in [0.5, 0.6) is 0 Å². The molecule has 2 rings (SSSR count). The van der Waals surface area contributed by atoms with E-state index in [1.165, 1.54) is 16.5 Å². The van der Waals surface area contributed by atoms with Gasteiger partial charge in [0.15, 0.2) is 6.29 Å². The number of aromatic nitrogens is 2. The van der Waals surface area contributed by atoms with Crippen LogP contribution in [0.1, 0.15) is 16.2 Å². The zero-order chi connectivity index (χ0) is 11.2. The van der Waals surface area contributed by atoms with Crippen LogP contribution in [0, 0.1) is 0 Å². The minimum Gasteiger partial charge on any atom is -0.412 e. The average molecular weight is 216 g/mol. The van der Waals surface area contributed by atoms with E-state index in [9.17, 15) is 4.79 Å². The number of carbonyl (C=O) groups excluding carboxylic acids is 1. The van der Waals surface area contributed by atoms with Crippen molar-refractivity contribution in [2.24, 2.45) is 0 Å². The molecule has 1 aromatic heterocycles. The van der Waals surface area contributed by atoms with Crippen LogP contribution < -0.4 is 4.84 Å². The van der Waals surface area contributed by atoms with Crippen molar-refractivity contribution in [1.29, 1.82) is 0 Å². The monoisotopic (exact) mass is 216 g/mol. The molecule has 0 aliphatic carbocycles. The largest absolute Gasteiger partial charge is 0.412 e. The summed E-state index contributed by atoms with van der Waals surface area (Å²) in [6.45, 7) is 0.515. The van der Waals surface area contributed by atoms with Crippen LogP contribution in [0.25, 0.3) is 0 Å². The lowest BCUT2D eigenvalue weighted by Gasteiger charge is -2.06. The van der Waals surface area contributed by atoms with Crippen molar-refractivity contribution in [3.05, 3.63) is 54.1 Å². The van der Waals surface area contributed by atoms with Crippen molar-refractivity contribution in [2.75, 3.05) is 6.61 Å². The third-order valence-corrected chi connectivity index (χ3v) is 2.20. The molecule has 0 aliphatic rings. The van der Waals surface area contributed by atoms with E-state index in [4.69, 9.17) is 4.84 Å². The zero-order valence-corrected chi connectivity index (χ0v) is 8.74. The first-order valence-electron chi connectivity index (χ1n) is 5.06. The Labute approximate surface area is 93.5 Å². The van der Waals surface area contributed by atoms with Gasteiger partial charge >= 0.3 is 0 Å². The van der Waals surface area contributed by atoms with Crippen LogP contribution in [0.2, 0.25) is 0 Å². The van der Waals surface area contributed by atoms with E-state index in [0.717, 1.165) is 6.42 Å². The van der Waals surface area contributed by atoms with Crippen molar-refractivity contribution in [3.63, 3.8) is 0 Å². The predicted molar refractivity (Wildman–Crippen MR) is 59.2 cm³/mol. The number of nitrogens with zero attached hydrogens (tertiary/aromatic N) is 2. The Kier molecular flexibility index (Phi) is 3.33. The number of benzene rings is 1. The molecule has 0 amide bonds. The quantitative estimate of drug-likeness (QED) is 0.709. The van der Waals surface area contributed by atoms with Crippen molar-refractivity contribution in [2.45, 2.75) is 6.42 Å². The van der Waals surface area contributed by atoms with E-state index in [0.29, 0.717) is 12.9 Å². The molecule has 0 radical (unpaired) electrons. The molecule has 4 nitrogen and oxygen atoms in total. The molecule has 0 aliphatic heterocycles. The third kappa shape index (κ3) is 2.48. The summed E-state index contributed by atoms with van der Waals surface area (Å²) in [5.41, 5.74) is 1.20. The van der Waals surface area contributed by atoms with E-state index < -0.39 is 0 Å². The van der Waals surface area contributed by atoms with Gasteiger partial charge in [0.05, 0.1) is 6.20 Å². The summed E-state index contributed by atoms with van der Waals surface area (Å²) >= 11 is 0. The first-order valence-corrected chi connectivity index (χ1v) is 5.06. The molecular weight excluding hydrogens is 204 g/mol. The number of carbonyl (C=O) groups is 1. The Morgan fingerprint density at radius 2 is 2.12 bits per heavy atom. The van der Waals surface area contributed by atoms with Crippen LogP contribution in [0.4, 0.5) is 0 Å². The average Bonchev–Trinajstić information content (AvgIpc) is 2.78. The molecule has 0 saturated heterocycles. The Bertz CT molecular complexity index is 451. The lowest BCUT2D eigenvalue weighted by Crippen LogP contribution is -2.16. The molecule has 16 heavy (non-hydrogen) atoms. The molecule has 4 heteroatoms. The molecule has 1 aromatic carbocycles. The summed E-state index contributed by atoms with van der Waals surface area (Å²) < 4.78 is 1.38. The molecule has 0 fully saturated rings. The van der Waals surface area contributed by atoms with Crippen LogP contribution in [0.15, 0.2) is 42.7 Å². The first-order chi connectivity index (χ1) is 7.90. The highest BCUT2D eigenvalue weighted by atomic mass is 16.7. The molecule has 0 unspecified atom stereocenters. The van der Waals surface area contributed by atoms with E-state index >= 15 is 0 Å². The fourth-order valence-electron chi connectivity index (χ4n) is 1.40. The van der Waals surface area contributed by atoms with E-state index in [1.807, 2.05) is 30.3 Å². The summed E-state index contributed by atoms with van der Waals surface area (Å²) in [6.07, 6.45) is 4.63. The summed E-state index contributed by atoms with van der Waals surface area (Å²) in [4.78, 5) is 19.8. The van der Waals surface area contributed by atoms with Gasteiger partial charge in [0.2, 0.25) is 5.82 Å². The maximum atomic E-state index is 10.6. The maximum Gasteiger partial charge on any atom is 0.208 e. The van der Waals surface area contributed by atoms with Gasteiger partial charge in [-0.05, 0) is 5.56 Å². The van der Waals surface area contributed by atoms with Gasteiger partial charge in [0.1, 0.15) is 6.61 Å². The zero-order valence-electron chi connectivity index (χ0n) is 8.74. The highest BCUT2D eigenvalue weighted by Crippen LogP contribution is 1.99. The van der Waals surface area contributed by atoms with Crippen molar-refractivity contribution < 1.29 is 9.63 Å². The van der Waals surface area contributed by atoms with Crippen molar-refractivity contribution in [1.82, 2.24) is 9.71 Å². The molecule has 0 bridgehead atoms. The Hall–Kier alpha value is -2.10. The molecule has 0 atom stereocenters. The van der Waals surface area contributed by atoms with E-state index in [-0.39, 0.29) is 5.82 Å². The normalized spacial score (nSPS) is 10.0. The second-order valence-electron chi connectivity index (χ2n) is 3.30. The number of imidazole rings is 1. The highest BCUT2D eigenvalue weighted by molar-refractivity contribution is 5.68. The Morgan fingerprint density at radius 1 is 1.31 bits per heavy atom. The lowest BCUT2D eigenvalue weighted by atomic mass is 10.2. The predicted octanol–water partition coefficient (Wildman–Crippen LogP) is 1.37. The molecule has 1 heterocycles. The van der Waals surface area contributed by atoms with Gasteiger partial charge in [-0.15, -0.1) is 0 Å². The summed E-state index contributed by atoms with van der Waals surface area (Å²) in [7, 11) is 0. The summed E-state index contributed by atoms with van der Waals surface area (Å²) in [6, 6.07) is 10.0. The second kappa shape index (κ2) is 5.11. The van der Waals surface area contributed by atoms with Gasteiger partial charge in [-0.3, -0.25) is 4.79 Å². The van der Waals surface area contributed by atoms with E-state index in [2.05, 4.69) is 4.98 Å². The third-order valence-electron chi connectivity index (χ3n) is 2.20. The molecular formula is C12H12N2O2. The Morgan fingerprint density at radius 3 is 2.88 bits per heavy atom. The fraction of sp³-hybridized carbons (Fsp3) is 0.167. The SMILES string of the molecule is O=Cc1nccn1OCCc1ccccc1. The highest BCUT2D eigenvalue weighted by Gasteiger charge is 2.00. The summed E-state index contributed by atoms with van der Waals surface area (Å²) in [5.74, 6) is 0.285. The molecule has 2 aromatic rings. The van der Waals surface area contributed by atoms with Gasteiger partial charge in [-0.1, -0.05) is 30.3 Å². The summed E-state index contributed by atoms with van der Waals surface area (Å²) in [5, 5.41) is 0. The first kappa shape index (κ1) is 10.4. The van der Waals surface area contributed by atoms with Gasteiger partial charge in [-0.2, -0.15) is 4.73 Å². The lowest BCUT2D eigenvalue weighted by molar-refractivity contribution is 0.0934. The van der Waals surface area contributed by atoms with Crippen LogP contribution in [-0.4, -0.2) is 22.6 Å². The smallest absolute Gasteiger partial charge is 0.208 e. The van der Waals surface area contributed by atoms with Crippen LogP contribution >= 0.6 is 0 Å². The fourth-order valence-corrected chi connectivity index (χ4v) is 1.40. The molecule has 0 N–H and O–H groups in total. The molecule has 0 spiro atoms. The van der Waals surface area contributed by atoms with Gasteiger partial charge in [-0.25, -0.2) is 4.98 Å². The number of rotatable bonds is 5. The maximum absolute atomic E-state index is 10.6. The topological polar surface area (TPSA) is 44.1 Å². The van der Waals surface area contributed by atoms with Crippen molar-refractivity contribution >= 4 is 6.29 Å². The van der Waals surface area contributed by atoms with E-state index in [1.54, 1.807) is 6.20 Å². The molecule has 82 valence electrons. The Balaban J connectivity index is 1.87. The van der Waals surface area contributed by atoms with Crippen molar-refractivity contribution in [3.8, 4) is 0 Å². The van der Waals surface area contributed by atoms with Gasteiger partial charge in [0.25, 0.3) is 0 Å². The number of aldehydes is 1. The molecule has 0 saturated carbocycles. The minimum absolute atomic E-state index is 0.285. The second-order valence-corrected chi connectivity index (χ2v) is 3.30. The van der Waals surface area contributed by atoms with Gasteiger partial charge in [0, 0.05) is 12.6 Å².